The quantitative estimate of drug-likeness (QED) is 0.358. The first-order chi connectivity index (χ1) is 14.5. The lowest BCUT2D eigenvalue weighted by Crippen LogP contribution is -2.10. The molecule has 0 saturated carbocycles. The van der Waals surface area contributed by atoms with Gasteiger partial charge in [0.2, 0.25) is 0 Å². The number of rotatable bonds is 6. The SMILES string of the molecule is Cn1ccnc1CCN=C1Cc2c(/C(Cc3ccc(F)c(Cl)c3)=N/O)ccnc2N1. The summed E-state index contributed by atoms with van der Waals surface area (Å²) >= 11 is 5.88. The molecule has 1 aliphatic heterocycles. The Balaban J connectivity index is 1.51. The molecule has 7 nitrogen and oxygen atoms in total. The summed E-state index contributed by atoms with van der Waals surface area (Å²) in [7, 11) is 1.96. The van der Waals surface area contributed by atoms with Crippen molar-refractivity contribution in [2.45, 2.75) is 19.3 Å². The number of nitrogens with one attached hydrogen (secondary N) is 1. The number of aryl methyl sites for hydroxylation is 1. The fraction of sp³-hybridized carbons (Fsp3) is 0.238. The summed E-state index contributed by atoms with van der Waals surface area (Å²) in [6.45, 7) is 0.603. The molecule has 1 aliphatic rings. The first kappa shape index (κ1) is 20.0. The van der Waals surface area contributed by atoms with Gasteiger partial charge in [0.25, 0.3) is 0 Å². The normalized spacial score (nSPS) is 14.8. The van der Waals surface area contributed by atoms with Gasteiger partial charge in [-0.25, -0.2) is 14.4 Å². The Morgan fingerprint density at radius 3 is 2.90 bits per heavy atom. The van der Waals surface area contributed by atoms with Crippen LogP contribution in [-0.2, 0) is 26.3 Å². The zero-order chi connectivity index (χ0) is 21.1. The maximum atomic E-state index is 13.4. The molecule has 0 saturated heterocycles. The minimum absolute atomic E-state index is 0.0357. The van der Waals surface area contributed by atoms with Crippen molar-refractivity contribution in [2.24, 2.45) is 17.2 Å². The van der Waals surface area contributed by atoms with Crippen LogP contribution in [0.15, 0.2) is 53.0 Å². The van der Waals surface area contributed by atoms with Crippen molar-refractivity contribution < 1.29 is 9.60 Å². The van der Waals surface area contributed by atoms with Crippen LogP contribution in [0.25, 0.3) is 0 Å². The van der Waals surface area contributed by atoms with Crippen molar-refractivity contribution in [3.05, 3.63) is 76.2 Å². The first-order valence-corrected chi connectivity index (χ1v) is 9.82. The Labute approximate surface area is 178 Å². The van der Waals surface area contributed by atoms with Crippen LogP contribution in [0.5, 0.6) is 0 Å². The van der Waals surface area contributed by atoms with Crippen molar-refractivity contribution in [1.82, 2.24) is 14.5 Å². The Morgan fingerprint density at radius 1 is 1.30 bits per heavy atom. The molecule has 0 atom stereocenters. The lowest BCUT2D eigenvalue weighted by atomic mass is 9.98. The number of nitrogens with zero attached hydrogens (tertiary/aromatic N) is 5. The summed E-state index contributed by atoms with van der Waals surface area (Å²) in [5.74, 6) is 1.99. The number of imidazole rings is 1. The van der Waals surface area contributed by atoms with E-state index in [4.69, 9.17) is 11.6 Å². The number of oxime groups is 1. The minimum Gasteiger partial charge on any atom is -0.411 e. The predicted octanol–water partition coefficient (Wildman–Crippen LogP) is 3.64. The smallest absolute Gasteiger partial charge is 0.141 e. The maximum absolute atomic E-state index is 13.4. The number of pyridine rings is 1. The third-order valence-electron chi connectivity index (χ3n) is 5.01. The van der Waals surface area contributed by atoms with Crippen molar-refractivity contribution in [1.29, 1.82) is 0 Å². The highest BCUT2D eigenvalue weighted by atomic mass is 35.5. The van der Waals surface area contributed by atoms with Crippen LogP contribution < -0.4 is 5.32 Å². The third-order valence-corrected chi connectivity index (χ3v) is 5.30. The van der Waals surface area contributed by atoms with Crippen LogP contribution in [0.3, 0.4) is 0 Å². The number of benzene rings is 1. The zero-order valence-electron chi connectivity index (χ0n) is 16.3. The van der Waals surface area contributed by atoms with Crippen LogP contribution >= 0.6 is 11.6 Å². The Kier molecular flexibility index (Phi) is 5.76. The molecule has 30 heavy (non-hydrogen) atoms. The van der Waals surface area contributed by atoms with Gasteiger partial charge >= 0.3 is 0 Å². The molecule has 0 aliphatic carbocycles. The summed E-state index contributed by atoms with van der Waals surface area (Å²) in [6.07, 6.45) is 6.93. The average molecular weight is 427 g/mol. The van der Waals surface area contributed by atoms with Gasteiger partial charge in [0, 0.05) is 62.6 Å². The lowest BCUT2D eigenvalue weighted by molar-refractivity contribution is 0.318. The van der Waals surface area contributed by atoms with Gasteiger partial charge in [-0.05, 0) is 23.8 Å². The van der Waals surface area contributed by atoms with Gasteiger partial charge in [-0.1, -0.05) is 22.8 Å². The highest BCUT2D eigenvalue weighted by Gasteiger charge is 2.23. The molecule has 3 heterocycles. The average Bonchev–Trinajstić information content (AvgIpc) is 3.34. The number of hydrogen-bond acceptors (Lipinski definition) is 5. The van der Waals surface area contributed by atoms with E-state index in [2.05, 4.69) is 25.4 Å². The van der Waals surface area contributed by atoms with E-state index < -0.39 is 5.82 Å². The van der Waals surface area contributed by atoms with E-state index in [0.717, 1.165) is 34.8 Å². The van der Waals surface area contributed by atoms with Crippen LogP contribution in [0.2, 0.25) is 5.02 Å². The summed E-state index contributed by atoms with van der Waals surface area (Å²) < 4.78 is 15.4. The fourth-order valence-corrected chi connectivity index (χ4v) is 3.65. The van der Waals surface area contributed by atoms with Gasteiger partial charge in [-0.15, -0.1) is 0 Å². The van der Waals surface area contributed by atoms with E-state index in [9.17, 15) is 9.60 Å². The van der Waals surface area contributed by atoms with Crippen LogP contribution in [-0.4, -0.2) is 37.8 Å². The van der Waals surface area contributed by atoms with E-state index >= 15 is 0 Å². The largest absolute Gasteiger partial charge is 0.411 e. The van der Waals surface area contributed by atoms with Crippen LogP contribution in [0, 0.1) is 5.82 Å². The molecule has 0 unspecified atom stereocenters. The number of aliphatic imine (C=N–C) groups is 1. The molecule has 4 rings (SSSR count). The van der Waals surface area contributed by atoms with Gasteiger partial charge in [0.1, 0.15) is 23.3 Å². The van der Waals surface area contributed by atoms with Gasteiger partial charge < -0.3 is 15.1 Å². The summed E-state index contributed by atoms with van der Waals surface area (Å²) in [6, 6.07) is 6.26. The molecule has 0 fully saturated rings. The highest BCUT2D eigenvalue weighted by molar-refractivity contribution is 6.30. The zero-order valence-corrected chi connectivity index (χ0v) is 17.1. The highest BCUT2D eigenvalue weighted by Crippen LogP contribution is 2.26. The Bertz CT molecular complexity index is 1140. The number of anilines is 1. The number of amidine groups is 1. The van der Waals surface area contributed by atoms with Crippen LogP contribution in [0.1, 0.15) is 22.5 Å². The second-order valence-corrected chi connectivity index (χ2v) is 7.40. The standard InChI is InChI=1S/C21H20ClFN6O/c1-29-9-8-25-20(29)5-7-24-19-12-15-14(4-6-26-21(15)27-19)18(28-30)11-13-2-3-17(23)16(22)10-13/h2-4,6,8-10,30H,5,7,11-12H2,1H3,(H,24,26,27)/b28-18+. The van der Waals surface area contributed by atoms with Gasteiger partial charge in [0.05, 0.1) is 10.7 Å². The molecule has 1 aromatic carbocycles. The molecule has 0 radical (unpaired) electrons. The van der Waals surface area contributed by atoms with Crippen molar-refractivity contribution in [3.8, 4) is 0 Å². The number of aromatic nitrogens is 3. The molecule has 0 bridgehead atoms. The molecular formula is C21H20ClFN6O. The molecule has 9 heteroatoms. The maximum Gasteiger partial charge on any atom is 0.141 e. The van der Waals surface area contributed by atoms with Gasteiger partial charge in [-0.3, -0.25) is 4.99 Å². The van der Waals surface area contributed by atoms with Crippen LogP contribution in [0.4, 0.5) is 10.2 Å². The van der Waals surface area contributed by atoms with E-state index in [-0.39, 0.29) is 5.02 Å². The van der Waals surface area contributed by atoms with E-state index in [1.807, 2.05) is 17.8 Å². The van der Waals surface area contributed by atoms with E-state index in [1.54, 1.807) is 24.5 Å². The lowest BCUT2D eigenvalue weighted by Gasteiger charge is -2.09. The molecular weight excluding hydrogens is 407 g/mol. The predicted molar refractivity (Wildman–Crippen MR) is 114 cm³/mol. The van der Waals surface area contributed by atoms with E-state index in [1.165, 1.54) is 12.1 Å². The monoisotopic (exact) mass is 426 g/mol. The summed E-state index contributed by atoms with van der Waals surface area (Å²) in [5, 5.41) is 16.4. The summed E-state index contributed by atoms with van der Waals surface area (Å²) in [4.78, 5) is 13.3. The van der Waals surface area contributed by atoms with E-state index in [0.29, 0.717) is 30.9 Å². The molecule has 0 amide bonds. The minimum atomic E-state index is -0.483. The molecule has 2 aromatic heterocycles. The van der Waals surface area contributed by atoms with Gasteiger partial charge in [-0.2, -0.15) is 0 Å². The first-order valence-electron chi connectivity index (χ1n) is 9.45. The number of hydrogen-bond donors (Lipinski definition) is 2. The fourth-order valence-electron chi connectivity index (χ4n) is 3.45. The van der Waals surface area contributed by atoms with Crippen molar-refractivity contribution in [2.75, 3.05) is 11.9 Å². The molecule has 154 valence electrons. The Morgan fingerprint density at radius 2 is 2.17 bits per heavy atom. The topological polar surface area (TPSA) is 87.7 Å². The molecule has 0 spiro atoms. The van der Waals surface area contributed by atoms with Gasteiger partial charge in [0.15, 0.2) is 0 Å². The second kappa shape index (κ2) is 8.62. The third kappa shape index (κ3) is 4.18. The Hall–Kier alpha value is -3.26. The molecule has 2 N–H and O–H groups in total. The number of fused-ring (bicyclic) bond motifs is 1. The van der Waals surface area contributed by atoms with Crippen molar-refractivity contribution >= 4 is 29.0 Å². The second-order valence-electron chi connectivity index (χ2n) is 6.99. The number of halogens is 2. The van der Waals surface area contributed by atoms with Crippen molar-refractivity contribution in [3.63, 3.8) is 0 Å². The summed E-state index contributed by atoms with van der Waals surface area (Å²) in [5.41, 5.74) is 2.88. The molecule has 3 aromatic rings.